The van der Waals surface area contributed by atoms with Crippen LogP contribution in [0.15, 0.2) is 24.3 Å². The van der Waals surface area contributed by atoms with Crippen molar-refractivity contribution < 1.29 is 4.74 Å². The maximum absolute atomic E-state index is 5.39. The first-order valence-corrected chi connectivity index (χ1v) is 8.09. The highest BCUT2D eigenvalue weighted by Crippen LogP contribution is 2.19. The molecule has 1 aliphatic heterocycles. The molecule has 1 aromatic heterocycles. The van der Waals surface area contributed by atoms with Crippen LogP contribution in [-0.4, -0.2) is 40.3 Å². The lowest BCUT2D eigenvalue weighted by Crippen LogP contribution is -2.24. The summed E-state index contributed by atoms with van der Waals surface area (Å²) in [6.07, 6.45) is 6.00. The molecule has 2 heterocycles. The summed E-state index contributed by atoms with van der Waals surface area (Å²) in [6, 6.07) is 8.04. The van der Waals surface area contributed by atoms with Crippen LogP contribution in [-0.2, 0) is 13.0 Å². The molecule has 118 valence electrons. The number of para-hydroxylation sites is 1. The smallest absolute Gasteiger partial charge is 0.164 e. The van der Waals surface area contributed by atoms with Crippen LogP contribution in [0.3, 0.4) is 0 Å². The van der Waals surface area contributed by atoms with E-state index in [4.69, 9.17) is 4.74 Å². The topological polar surface area (TPSA) is 54.0 Å². The third-order valence-corrected chi connectivity index (χ3v) is 4.19. The van der Waals surface area contributed by atoms with Gasteiger partial charge in [0.1, 0.15) is 11.6 Å². The number of hydrogen-bond acceptors (Lipinski definition) is 4. The van der Waals surface area contributed by atoms with E-state index in [1.807, 2.05) is 18.2 Å². The first-order valence-electron chi connectivity index (χ1n) is 8.09. The standard InChI is InChI=1S/C17H24N4O/c1-22-15-9-5-4-8-14(15)12-16-18-17(20-19-16)13-21-10-6-2-3-7-11-21/h4-5,8-9H,2-3,6-7,10-13H2,1H3,(H,18,19,20). The van der Waals surface area contributed by atoms with E-state index < -0.39 is 0 Å². The Bertz CT molecular complexity index is 588. The fourth-order valence-electron chi connectivity index (χ4n) is 3.01. The Balaban J connectivity index is 1.63. The lowest BCUT2D eigenvalue weighted by Gasteiger charge is -2.17. The van der Waals surface area contributed by atoms with Crippen LogP contribution in [0.5, 0.6) is 5.75 Å². The van der Waals surface area contributed by atoms with Crippen LogP contribution in [0.2, 0.25) is 0 Å². The molecular weight excluding hydrogens is 276 g/mol. The van der Waals surface area contributed by atoms with Crippen molar-refractivity contribution in [2.75, 3.05) is 20.2 Å². The second kappa shape index (κ2) is 7.40. The maximum Gasteiger partial charge on any atom is 0.164 e. The molecule has 0 atom stereocenters. The molecule has 0 bridgehead atoms. The van der Waals surface area contributed by atoms with Crippen LogP contribution in [0.4, 0.5) is 0 Å². The third kappa shape index (κ3) is 3.85. The molecule has 2 aromatic rings. The highest BCUT2D eigenvalue weighted by atomic mass is 16.5. The summed E-state index contributed by atoms with van der Waals surface area (Å²) in [5, 5.41) is 7.44. The Morgan fingerprint density at radius 1 is 1.14 bits per heavy atom. The SMILES string of the molecule is COc1ccccc1Cc1nc(CN2CCCCCC2)n[nH]1. The van der Waals surface area contributed by atoms with Crippen molar-refractivity contribution in [2.45, 2.75) is 38.6 Å². The molecule has 1 N–H and O–H groups in total. The number of nitrogens with one attached hydrogen (secondary N) is 1. The Morgan fingerprint density at radius 3 is 2.68 bits per heavy atom. The maximum atomic E-state index is 5.39. The first-order chi connectivity index (χ1) is 10.8. The van der Waals surface area contributed by atoms with E-state index in [0.29, 0.717) is 0 Å². The van der Waals surface area contributed by atoms with Gasteiger partial charge in [-0.2, -0.15) is 5.10 Å². The summed E-state index contributed by atoms with van der Waals surface area (Å²) in [4.78, 5) is 7.10. The number of benzene rings is 1. The van der Waals surface area contributed by atoms with E-state index in [1.165, 1.54) is 25.7 Å². The second-order valence-corrected chi connectivity index (χ2v) is 5.88. The lowest BCUT2D eigenvalue weighted by molar-refractivity contribution is 0.270. The minimum absolute atomic E-state index is 0.719. The Labute approximate surface area is 131 Å². The zero-order chi connectivity index (χ0) is 15.2. The molecule has 1 aromatic carbocycles. The molecule has 1 saturated heterocycles. The van der Waals surface area contributed by atoms with Gasteiger partial charge >= 0.3 is 0 Å². The van der Waals surface area contributed by atoms with E-state index in [-0.39, 0.29) is 0 Å². The van der Waals surface area contributed by atoms with Gasteiger partial charge in [0, 0.05) is 12.0 Å². The summed E-state index contributed by atoms with van der Waals surface area (Å²) in [6.45, 7) is 3.18. The Hall–Kier alpha value is -1.88. The van der Waals surface area contributed by atoms with E-state index in [9.17, 15) is 0 Å². The molecule has 1 fully saturated rings. The number of methoxy groups -OCH3 is 1. The number of hydrogen-bond donors (Lipinski definition) is 1. The monoisotopic (exact) mass is 300 g/mol. The van der Waals surface area contributed by atoms with Crippen molar-refractivity contribution in [3.05, 3.63) is 41.5 Å². The van der Waals surface area contributed by atoms with Gasteiger partial charge in [-0.25, -0.2) is 4.98 Å². The average Bonchev–Trinajstić information content (AvgIpc) is 2.81. The van der Waals surface area contributed by atoms with Gasteiger partial charge in [-0.1, -0.05) is 31.0 Å². The molecule has 0 aliphatic carbocycles. The third-order valence-electron chi connectivity index (χ3n) is 4.19. The molecule has 5 heteroatoms. The summed E-state index contributed by atoms with van der Waals surface area (Å²) in [5.41, 5.74) is 1.13. The molecule has 0 amide bonds. The molecule has 0 spiro atoms. The molecule has 3 rings (SSSR count). The quantitative estimate of drug-likeness (QED) is 0.922. The fourth-order valence-corrected chi connectivity index (χ4v) is 3.01. The Morgan fingerprint density at radius 2 is 1.91 bits per heavy atom. The minimum Gasteiger partial charge on any atom is -0.496 e. The van der Waals surface area contributed by atoms with Crippen molar-refractivity contribution >= 4 is 0 Å². The summed E-state index contributed by atoms with van der Waals surface area (Å²) in [5.74, 6) is 2.69. The van der Waals surface area contributed by atoms with E-state index in [2.05, 4.69) is 26.1 Å². The van der Waals surface area contributed by atoms with Crippen molar-refractivity contribution in [2.24, 2.45) is 0 Å². The predicted molar refractivity (Wildman–Crippen MR) is 85.9 cm³/mol. The molecule has 22 heavy (non-hydrogen) atoms. The molecule has 5 nitrogen and oxygen atoms in total. The first kappa shape index (κ1) is 15.0. The predicted octanol–water partition coefficient (Wildman–Crippen LogP) is 2.78. The van der Waals surface area contributed by atoms with Crippen LogP contribution in [0, 0.1) is 0 Å². The molecule has 0 radical (unpaired) electrons. The number of rotatable bonds is 5. The Kier molecular flexibility index (Phi) is 5.06. The number of H-pyrrole nitrogens is 1. The number of nitrogens with zero attached hydrogens (tertiary/aromatic N) is 3. The van der Waals surface area contributed by atoms with Gasteiger partial charge in [-0.15, -0.1) is 0 Å². The summed E-state index contributed by atoms with van der Waals surface area (Å²) < 4.78 is 5.39. The van der Waals surface area contributed by atoms with Crippen molar-refractivity contribution in [3.63, 3.8) is 0 Å². The highest BCUT2D eigenvalue weighted by molar-refractivity contribution is 5.35. The highest BCUT2D eigenvalue weighted by Gasteiger charge is 2.13. The van der Waals surface area contributed by atoms with Crippen molar-refractivity contribution in [1.82, 2.24) is 20.1 Å². The summed E-state index contributed by atoms with van der Waals surface area (Å²) >= 11 is 0. The minimum atomic E-state index is 0.719. The van der Waals surface area contributed by atoms with E-state index in [0.717, 1.165) is 49.0 Å². The van der Waals surface area contributed by atoms with Crippen LogP contribution in [0.25, 0.3) is 0 Å². The van der Waals surface area contributed by atoms with Crippen molar-refractivity contribution in [1.29, 1.82) is 0 Å². The van der Waals surface area contributed by atoms with Gasteiger partial charge in [-0.3, -0.25) is 10.00 Å². The van der Waals surface area contributed by atoms with Gasteiger partial charge < -0.3 is 4.74 Å². The average molecular weight is 300 g/mol. The zero-order valence-electron chi connectivity index (χ0n) is 13.2. The van der Waals surface area contributed by atoms with Crippen molar-refractivity contribution in [3.8, 4) is 5.75 Å². The zero-order valence-corrected chi connectivity index (χ0v) is 13.2. The van der Waals surface area contributed by atoms with Gasteiger partial charge in [0.25, 0.3) is 0 Å². The van der Waals surface area contributed by atoms with Crippen LogP contribution in [0.1, 0.15) is 42.9 Å². The normalized spacial score (nSPS) is 16.4. The largest absolute Gasteiger partial charge is 0.496 e. The molecule has 0 saturated carbocycles. The number of aromatic nitrogens is 3. The van der Waals surface area contributed by atoms with E-state index >= 15 is 0 Å². The van der Waals surface area contributed by atoms with Gasteiger partial charge in [0.2, 0.25) is 0 Å². The van der Waals surface area contributed by atoms with Gasteiger partial charge in [0.15, 0.2) is 5.82 Å². The molecule has 0 unspecified atom stereocenters. The molecule has 1 aliphatic rings. The number of likely N-dealkylation sites (tertiary alicyclic amines) is 1. The number of ether oxygens (including phenoxy) is 1. The lowest BCUT2D eigenvalue weighted by atomic mass is 10.1. The van der Waals surface area contributed by atoms with Gasteiger partial charge in [-0.05, 0) is 32.0 Å². The van der Waals surface area contributed by atoms with E-state index in [1.54, 1.807) is 7.11 Å². The summed E-state index contributed by atoms with van der Waals surface area (Å²) in [7, 11) is 1.70. The van der Waals surface area contributed by atoms with Crippen LogP contribution < -0.4 is 4.74 Å². The van der Waals surface area contributed by atoms with Gasteiger partial charge in [0.05, 0.1) is 13.7 Å². The fraction of sp³-hybridized carbons (Fsp3) is 0.529. The second-order valence-electron chi connectivity index (χ2n) is 5.88. The number of aromatic amines is 1. The van der Waals surface area contributed by atoms with Crippen LogP contribution >= 0.6 is 0 Å². The molecular formula is C17H24N4O.